The van der Waals surface area contributed by atoms with E-state index in [4.69, 9.17) is 15.2 Å². The number of hydrogen-bond acceptors (Lipinski definition) is 4. The molecule has 1 aliphatic heterocycles. The van der Waals surface area contributed by atoms with Crippen molar-refractivity contribution in [3.8, 4) is 5.75 Å². The standard InChI is InChI=1S/C15H24N2O2/c1-2-18-11-12-19-15-6-4-3-5-14(15)17-9-7-13(16)8-10-17/h3-6,13H,2,7-12,16H2,1H3. The van der Waals surface area contributed by atoms with Crippen LogP contribution in [-0.2, 0) is 4.74 Å². The zero-order valence-electron chi connectivity index (χ0n) is 11.7. The molecule has 0 amide bonds. The Kier molecular flexibility index (Phi) is 5.48. The number of para-hydroxylation sites is 2. The Morgan fingerprint density at radius 2 is 1.95 bits per heavy atom. The van der Waals surface area contributed by atoms with Crippen molar-refractivity contribution in [2.75, 3.05) is 37.8 Å². The normalized spacial score (nSPS) is 16.6. The number of nitrogens with zero attached hydrogens (tertiary/aromatic N) is 1. The number of ether oxygens (including phenoxy) is 2. The number of hydrogen-bond donors (Lipinski definition) is 1. The Morgan fingerprint density at radius 1 is 1.21 bits per heavy atom. The van der Waals surface area contributed by atoms with Gasteiger partial charge in [-0.05, 0) is 31.9 Å². The molecule has 1 fully saturated rings. The van der Waals surface area contributed by atoms with Crippen LogP contribution in [0.15, 0.2) is 24.3 Å². The fraction of sp³-hybridized carbons (Fsp3) is 0.600. The molecular weight excluding hydrogens is 240 g/mol. The summed E-state index contributed by atoms with van der Waals surface area (Å²) < 4.78 is 11.1. The molecule has 1 aliphatic rings. The van der Waals surface area contributed by atoms with Gasteiger partial charge in [-0.1, -0.05) is 12.1 Å². The van der Waals surface area contributed by atoms with E-state index in [0.717, 1.165) is 38.3 Å². The summed E-state index contributed by atoms with van der Waals surface area (Å²) in [5, 5.41) is 0. The van der Waals surface area contributed by atoms with Gasteiger partial charge in [0.25, 0.3) is 0 Å². The third-order valence-electron chi connectivity index (χ3n) is 3.43. The molecule has 106 valence electrons. The van der Waals surface area contributed by atoms with Crippen molar-refractivity contribution in [1.29, 1.82) is 0 Å². The van der Waals surface area contributed by atoms with E-state index < -0.39 is 0 Å². The minimum Gasteiger partial charge on any atom is -0.489 e. The molecule has 4 heteroatoms. The van der Waals surface area contributed by atoms with Gasteiger partial charge in [0.1, 0.15) is 12.4 Å². The first-order valence-corrected chi connectivity index (χ1v) is 7.11. The monoisotopic (exact) mass is 264 g/mol. The average molecular weight is 264 g/mol. The van der Waals surface area contributed by atoms with E-state index in [1.807, 2.05) is 19.1 Å². The molecular formula is C15H24N2O2. The Bertz CT molecular complexity index is 376. The number of piperidine rings is 1. The van der Waals surface area contributed by atoms with E-state index in [-0.39, 0.29) is 0 Å². The quantitative estimate of drug-likeness (QED) is 0.799. The second-order valence-corrected chi connectivity index (χ2v) is 4.84. The molecule has 0 saturated carbocycles. The molecule has 1 saturated heterocycles. The van der Waals surface area contributed by atoms with E-state index in [1.165, 1.54) is 5.69 Å². The lowest BCUT2D eigenvalue weighted by atomic mass is 10.1. The molecule has 0 radical (unpaired) electrons. The SMILES string of the molecule is CCOCCOc1ccccc1N1CCC(N)CC1. The zero-order valence-corrected chi connectivity index (χ0v) is 11.7. The summed E-state index contributed by atoms with van der Waals surface area (Å²) in [6.07, 6.45) is 2.10. The van der Waals surface area contributed by atoms with Gasteiger partial charge in [-0.25, -0.2) is 0 Å². The molecule has 0 bridgehead atoms. The largest absolute Gasteiger partial charge is 0.489 e. The Labute approximate surface area is 115 Å². The first kappa shape index (κ1) is 14.2. The van der Waals surface area contributed by atoms with Gasteiger partial charge < -0.3 is 20.1 Å². The summed E-state index contributed by atoms with van der Waals surface area (Å²) in [5.41, 5.74) is 7.12. The van der Waals surface area contributed by atoms with Crippen LogP contribution in [0, 0.1) is 0 Å². The highest BCUT2D eigenvalue weighted by atomic mass is 16.5. The van der Waals surface area contributed by atoms with Crippen molar-refractivity contribution in [1.82, 2.24) is 0 Å². The zero-order chi connectivity index (χ0) is 13.5. The van der Waals surface area contributed by atoms with Gasteiger partial charge in [-0.2, -0.15) is 0 Å². The van der Waals surface area contributed by atoms with E-state index in [9.17, 15) is 0 Å². The lowest BCUT2D eigenvalue weighted by Gasteiger charge is -2.33. The first-order valence-electron chi connectivity index (χ1n) is 7.11. The molecule has 2 N–H and O–H groups in total. The number of benzene rings is 1. The fourth-order valence-corrected chi connectivity index (χ4v) is 2.34. The minimum absolute atomic E-state index is 0.349. The third-order valence-corrected chi connectivity index (χ3v) is 3.43. The van der Waals surface area contributed by atoms with Crippen molar-refractivity contribution < 1.29 is 9.47 Å². The van der Waals surface area contributed by atoms with E-state index in [0.29, 0.717) is 19.3 Å². The molecule has 0 aliphatic carbocycles. The van der Waals surface area contributed by atoms with Crippen LogP contribution in [0.4, 0.5) is 5.69 Å². The Morgan fingerprint density at radius 3 is 2.68 bits per heavy atom. The van der Waals surface area contributed by atoms with Crippen molar-refractivity contribution in [3.63, 3.8) is 0 Å². The molecule has 1 aromatic carbocycles. The van der Waals surface area contributed by atoms with Crippen LogP contribution in [0.5, 0.6) is 5.75 Å². The molecule has 0 aromatic heterocycles. The number of anilines is 1. The maximum absolute atomic E-state index is 5.95. The molecule has 2 rings (SSSR count). The highest BCUT2D eigenvalue weighted by Crippen LogP contribution is 2.29. The smallest absolute Gasteiger partial charge is 0.142 e. The summed E-state index contributed by atoms with van der Waals surface area (Å²) in [5.74, 6) is 0.942. The summed E-state index contributed by atoms with van der Waals surface area (Å²) in [6, 6.07) is 8.55. The average Bonchev–Trinajstić information content (AvgIpc) is 2.45. The highest BCUT2D eigenvalue weighted by Gasteiger charge is 2.18. The van der Waals surface area contributed by atoms with Crippen molar-refractivity contribution in [2.45, 2.75) is 25.8 Å². The van der Waals surface area contributed by atoms with E-state index >= 15 is 0 Å². The summed E-state index contributed by atoms with van der Waals surface area (Å²) in [6.45, 7) is 5.97. The Hall–Kier alpha value is -1.26. The molecule has 4 nitrogen and oxygen atoms in total. The molecule has 0 atom stereocenters. The fourth-order valence-electron chi connectivity index (χ4n) is 2.34. The van der Waals surface area contributed by atoms with Gasteiger partial charge in [-0.15, -0.1) is 0 Å². The molecule has 1 aromatic rings. The summed E-state index contributed by atoms with van der Waals surface area (Å²) >= 11 is 0. The van der Waals surface area contributed by atoms with Gasteiger partial charge in [0.15, 0.2) is 0 Å². The van der Waals surface area contributed by atoms with Crippen molar-refractivity contribution >= 4 is 5.69 Å². The Balaban J connectivity index is 1.95. The molecule has 19 heavy (non-hydrogen) atoms. The van der Waals surface area contributed by atoms with Crippen molar-refractivity contribution in [2.24, 2.45) is 5.73 Å². The lowest BCUT2D eigenvalue weighted by molar-refractivity contribution is 0.110. The van der Waals surface area contributed by atoms with Crippen molar-refractivity contribution in [3.05, 3.63) is 24.3 Å². The van der Waals surface area contributed by atoms with Crippen LogP contribution in [0.25, 0.3) is 0 Å². The van der Waals surface area contributed by atoms with Crippen LogP contribution in [0.3, 0.4) is 0 Å². The van der Waals surface area contributed by atoms with Gasteiger partial charge in [-0.3, -0.25) is 0 Å². The molecule has 0 spiro atoms. The van der Waals surface area contributed by atoms with Crippen LogP contribution in [-0.4, -0.2) is 39.0 Å². The topological polar surface area (TPSA) is 47.7 Å². The number of rotatable bonds is 6. The molecule has 1 heterocycles. The van der Waals surface area contributed by atoms with Gasteiger partial charge in [0.2, 0.25) is 0 Å². The van der Waals surface area contributed by atoms with Crippen LogP contribution in [0.1, 0.15) is 19.8 Å². The third kappa shape index (κ3) is 4.11. The van der Waals surface area contributed by atoms with Crippen LogP contribution in [0.2, 0.25) is 0 Å². The van der Waals surface area contributed by atoms with Gasteiger partial charge in [0.05, 0.1) is 12.3 Å². The summed E-state index contributed by atoms with van der Waals surface area (Å²) in [4.78, 5) is 2.36. The molecule has 0 unspecified atom stereocenters. The maximum atomic E-state index is 5.95. The van der Waals surface area contributed by atoms with Gasteiger partial charge in [0, 0.05) is 25.7 Å². The second-order valence-electron chi connectivity index (χ2n) is 4.84. The minimum atomic E-state index is 0.349. The number of nitrogens with two attached hydrogens (primary N) is 1. The maximum Gasteiger partial charge on any atom is 0.142 e. The highest BCUT2D eigenvalue weighted by molar-refractivity contribution is 5.58. The van der Waals surface area contributed by atoms with Crippen LogP contribution >= 0.6 is 0 Å². The van der Waals surface area contributed by atoms with E-state index in [2.05, 4.69) is 17.0 Å². The summed E-state index contributed by atoms with van der Waals surface area (Å²) in [7, 11) is 0. The predicted molar refractivity (Wildman–Crippen MR) is 77.9 cm³/mol. The first-order chi connectivity index (χ1) is 9.31. The van der Waals surface area contributed by atoms with E-state index in [1.54, 1.807) is 0 Å². The second kappa shape index (κ2) is 7.36. The lowest BCUT2D eigenvalue weighted by Crippen LogP contribution is -2.39. The predicted octanol–water partition coefficient (Wildman–Crippen LogP) is 2.03. The van der Waals surface area contributed by atoms with Crippen LogP contribution < -0.4 is 15.4 Å². The van der Waals surface area contributed by atoms with Gasteiger partial charge >= 0.3 is 0 Å².